The average Bonchev–Trinajstić information content (AvgIpc) is 2.92. The van der Waals surface area contributed by atoms with Crippen LogP contribution in [0.1, 0.15) is 17.7 Å². The Morgan fingerprint density at radius 3 is 2.86 bits per heavy atom. The number of hydrogen-bond acceptors (Lipinski definition) is 2. The monoisotopic (exact) mass is 297 g/mol. The van der Waals surface area contributed by atoms with E-state index in [0.29, 0.717) is 5.88 Å². The molecule has 0 unspecified atom stereocenters. The highest BCUT2D eigenvalue weighted by molar-refractivity contribution is 6.17. The van der Waals surface area contributed by atoms with Crippen molar-refractivity contribution in [1.29, 1.82) is 0 Å². The number of nitrogens with zero attached hydrogens (tertiary/aromatic N) is 3. The van der Waals surface area contributed by atoms with E-state index < -0.39 is 0 Å². The Kier molecular flexibility index (Phi) is 3.08. The van der Waals surface area contributed by atoms with E-state index in [1.165, 1.54) is 11.3 Å². The number of benzene rings is 1. The molecular weight excluding hydrogens is 282 g/mol. The van der Waals surface area contributed by atoms with Gasteiger partial charge >= 0.3 is 0 Å². The van der Waals surface area contributed by atoms with Crippen LogP contribution in [-0.4, -0.2) is 15.9 Å². The molecule has 3 nitrogen and oxygen atoms in total. The number of aromatic nitrogens is 2. The van der Waals surface area contributed by atoms with Crippen LogP contribution in [0.2, 0.25) is 0 Å². The molecule has 1 aromatic carbocycles. The molecule has 0 spiro atoms. The van der Waals surface area contributed by atoms with Gasteiger partial charge in [-0.1, -0.05) is 24.3 Å². The number of fused-ring (bicyclic) bond motifs is 2. The van der Waals surface area contributed by atoms with E-state index in [1.807, 2.05) is 24.4 Å². The van der Waals surface area contributed by atoms with Gasteiger partial charge in [-0.15, -0.1) is 11.6 Å². The van der Waals surface area contributed by atoms with Gasteiger partial charge in [-0.2, -0.15) is 0 Å². The second-order valence-corrected chi connectivity index (χ2v) is 5.60. The molecule has 1 aliphatic heterocycles. The van der Waals surface area contributed by atoms with Crippen molar-refractivity contribution in [1.82, 2.24) is 9.38 Å². The smallest absolute Gasteiger partial charge is 0.156 e. The maximum Gasteiger partial charge on any atom is 0.156 e. The third-order valence-electron chi connectivity index (χ3n) is 4.10. The van der Waals surface area contributed by atoms with Gasteiger partial charge in [-0.3, -0.25) is 0 Å². The van der Waals surface area contributed by atoms with Gasteiger partial charge in [-0.25, -0.2) is 4.98 Å². The number of halogens is 1. The number of alkyl halides is 1. The lowest BCUT2D eigenvalue weighted by Crippen LogP contribution is -2.25. The molecule has 1 aliphatic rings. The summed E-state index contributed by atoms with van der Waals surface area (Å²) in [5, 5.41) is 0. The number of para-hydroxylation sites is 1. The summed E-state index contributed by atoms with van der Waals surface area (Å²) in [5.74, 6) is 1.45. The summed E-state index contributed by atoms with van der Waals surface area (Å²) < 4.78 is 2.08. The standard InChI is InChI=1S/C17H16ClN3/c18-12-15-17(19-16-9-3-4-10-20(15)16)21-11-5-7-13-6-1-2-8-14(13)21/h1-4,6,8-10H,5,7,11-12H2. The molecule has 0 saturated carbocycles. The predicted octanol–water partition coefficient (Wildman–Crippen LogP) is 4.16. The van der Waals surface area contributed by atoms with Gasteiger partial charge in [0.1, 0.15) is 5.65 Å². The molecule has 0 atom stereocenters. The van der Waals surface area contributed by atoms with E-state index in [0.717, 1.165) is 36.5 Å². The Balaban J connectivity index is 1.91. The zero-order valence-corrected chi connectivity index (χ0v) is 12.4. The minimum Gasteiger partial charge on any atom is -0.325 e. The number of aryl methyl sites for hydroxylation is 1. The molecule has 0 aliphatic carbocycles. The van der Waals surface area contributed by atoms with Gasteiger partial charge in [0, 0.05) is 18.4 Å². The van der Waals surface area contributed by atoms with Crippen molar-refractivity contribution in [2.75, 3.05) is 11.4 Å². The van der Waals surface area contributed by atoms with Gasteiger partial charge in [0.05, 0.1) is 11.6 Å². The molecule has 2 aromatic heterocycles. The van der Waals surface area contributed by atoms with Gasteiger partial charge in [-0.05, 0) is 36.6 Å². The summed E-state index contributed by atoms with van der Waals surface area (Å²) in [7, 11) is 0. The fraction of sp³-hybridized carbons (Fsp3) is 0.235. The van der Waals surface area contributed by atoms with Crippen LogP contribution in [0.3, 0.4) is 0 Å². The number of hydrogen-bond donors (Lipinski definition) is 0. The largest absolute Gasteiger partial charge is 0.325 e. The zero-order valence-electron chi connectivity index (χ0n) is 11.7. The third-order valence-corrected chi connectivity index (χ3v) is 4.35. The minimum absolute atomic E-state index is 0.458. The predicted molar refractivity (Wildman–Crippen MR) is 86.5 cm³/mol. The second-order valence-electron chi connectivity index (χ2n) is 5.33. The lowest BCUT2D eigenvalue weighted by Gasteiger charge is -2.30. The van der Waals surface area contributed by atoms with Crippen molar-refractivity contribution in [2.24, 2.45) is 0 Å². The lowest BCUT2D eigenvalue weighted by molar-refractivity contribution is 0.759. The van der Waals surface area contributed by atoms with Gasteiger partial charge < -0.3 is 9.30 Å². The van der Waals surface area contributed by atoms with E-state index in [2.05, 4.69) is 33.6 Å². The molecule has 0 fully saturated rings. The van der Waals surface area contributed by atoms with E-state index in [1.54, 1.807) is 0 Å². The summed E-state index contributed by atoms with van der Waals surface area (Å²) in [6.45, 7) is 0.991. The SMILES string of the molecule is ClCc1c(N2CCCc3ccccc32)nc2ccccn12. The van der Waals surface area contributed by atoms with Crippen LogP contribution < -0.4 is 4.90 Å². The molecule has 0 saturated heterocycles. The first-order valence-electron chi connectivity index (χ1n) is 7.26. The van der Waals surface area contributed by atoms with Crippen LogP contribution >= 0.6 is 11.6 Å². The Morgan fingerprint density at radius 2 is 1.95 bits per heavy atom. The van der Waals surface area contributed by atoms with Crippen LogP contribution in [0.4, 0.5) is 11.5 Å². The summed E-state index contributed by atoms with van der Waals surface area (Å²) >= 11 is 6.21. The fourth-order valence-electron chi connectivity index (χ4n) is 3.13. The average molecular weight is 298 g/mol. The van der Waals surface area contributed by atoms with Crippen molar-refractivity contribution >= 4 is 28.8 Å². The van der Waals surface area contributed by atoms with Crippen LogP contribution in [0.5, 0.6) is 0 Å². The highest BCUT2D eigenvalue weighted by Crippen LogP contribution is 2.35. The first-order valence-corrected chi connectivity index (χ1v) is 7.79. The van der Waals surface area contributed by atoms with E-state index in [9.17, 15) is 0 Å². The molecule has 106 valence electrons. The van der Waals surface area contributed by atoms with E-state index in [-0.39, 0.29) is 0 Å². The quantitative estimate of drug-likeness (QED) is 0.662. The molecule has 4 heteroatoms. The molecule has 21 heavy (non-hydrogen) atoms. The molecule has 0 radical (unpaired) electrons. The molecule has 0 N–H and O–H groups in total. The molecule has 3 aromatic rings. The number of imidazole rings is 1. The Bertz CT molecular complexity index is 794. The molecule has 0 amide bonds. The summed E-state index contributed by atoms with van der Waals surface area (Å²) in [4.78, 5) is 7.12. The first-order chi connectivity index (χ1) is 10.4. The maximum absolute atomic E-state index is 6.21. The highest BCUT2D eigenvalue weighted by Gasteiger charge is 2.23. The summed E-state index contributed by atoms with van der Waals surface area (Å²) in [6.07, 6.45) is 4.31. The minimum atomic E-state index is 0.458. The Labute approximate surface area is 128 Å². The third kappa shape index (κ3) is 2.00. The van der Waals surface area contributed by atoms with Gasteiger partial charge in [0.15, 0.2) is 5.82 Å². The normalized spacial score (nSPS) is 14.4. The van der Waals surface area contributed by atoms with Crippen molar-refractivity contribution in [3.05, 3.63) is 59.9 Å². The van der Waals surface area contributed by atoms with Crippen LogP contribution in [-0.2, 0) is 12.3 Å². The van der Waals surface area contributed by atoms with Crippen molar-refractivity contribution < 1.29 is 0 Å². The second kappa shape index (κ2) is 5.08. The molecule has 3 heterocycles. The molecule has 0 bridgehead atoms. The van der Waals surface area contributed by atoms with E-state index >= 15 is 0 Å². The number of pyridine rings is 1. The topological polar surface area (TPSA) is 20.5 Å². The summed E-state index contributed by atoms with van der Waals surface area (Å²) in [5.41, 5.74) is 4.66. The summed E-state index contributed by atoms with van der Waals surface area (Å²) in [6, 6.07) is 14.6. The first kappa shape index (κ1) is 12.7. The fourth-order valence-corrected chi connectivity index (χ4v) is 3.38. The molecular formula is C17H16ClN3. The van der Waals surface area contributed by atoms with Gasteiger partial charge in [0.25, 0.3) is 0 Å². The zero-order chi connectivity index (χ0) is 14.2. The van der Waals surface area contributed by atoms with Crippen molar-refractivity contribution in [3.8, 4) is 0 Å². The Hall–Kier alpha value is -2.00. The molecule has 4 rings (SSSR count). The van der Waals surface area contributed by atoms with Crippen LogP contribution in [0.25, 0.3) is 5.65 Å². The van der Waals surface area contributed by atoms with Crippen molar-refractivity contribution in [2.45, 2.75) is 18.7 Å². The van der Waals surface area contributed by atoms with E-state index in [4.69, 9.17) is 16.6 Å². The lowest BCUT2D eigenvalue weighted by atomic mass is 10.0. The maximum atomic E-state index is 6.21. The van der Waals surface area contributed by atoms with Gasteiger partial charge in [0.2, 0.25) is 0 Å². The Morgan fingerprint density at radius 1 is 1.10 bits per heavy atom. The number of anilines is 2. The highest BCUT2D eigenvalue weighted by atomic mass is 35.5. The van der Waals surface area contributed by atoms with Crippen molar-refractivity contribution in [3.63, 3.8) is 0 Å². The van der Waals surface area contributed by atoms with Crippen LogP contribution in [0.15, 0.2) is 48.7 Å². The number of rotatable bonds is 2. The van der Waals surface area contributed by atoms with Crippen LogP contribution in [0, 0.1) is 0 Å².